The molecule has 9 heteroatoms. The smallest absolute Gasteiger partial charge is 0.340 e. The molecule has 0 atom stereocenters. The van der Waals surface area contributed by atoms with Crippen molar-refractivity contribution in [2.75, 3.05) is 0 Å². The third-order valence-corrected chi connectivity index (χ3v) is 6.44. The molecule has 1 aliphatic carbocycles. The summed E-state index contributed by atoms with van der Waals surface area (Å²) in [6, 6.07) is 10.2. The summed E-state index contributed by atoms with van der Waals surface area (Å²) in [7, 11) is 0. The van der Waals surface area contributed by atoms with Crippen LogP contribution in [0.1, 0.15) is 60.6 Å². The van der Waals surface area contributed by atoms with E-state index in [1.165, 1.54) is 30.3 Å². The Hall–Kier alpha value is -4.33. The van der Waals surface area contributed by atoms with E-state index in [1.54, 1.807) is 12.1 Å². The maximum atomic E-state index is 13.4. The molecule has 1 spiro atoms. The average molecular weight is 471 g/mol. The van der Waals surface area contributed by atoms with Gasteiger partial charge in [0.15, 0.2) is 17.2 Å². The Balaban J connectivity index is 1.79. The highest BCUT2D eigenvalue weighted by atomic mass is 32.1. The quantitative estimate of drug-likeness (QED) is 0.301. The van der Waals surface area contributed by atoms with E-state index < -0.39 is 11.6 Å². The number of rotatable bonds is 1. The molecule has 0 saturated heterocycles. The number of benzene rings is 3. The van der Waals surface area contributed by atoms with Gasteiger partial charge in [-0.3, -0.25) is 9.59 Å². The number of phenolic OH excluding ortho intramolecular Hbond substituents is 2. The van der Waals surface area contributed by atoms with Crippen molar-refractivity contribution in [3.05, 3.63) is 75.8 Å². The lowest BCUT2D eigenvalue weighted by molar-refractivity contribution is 0.0223. The summed E-state index contributed by atoms with van der Waals surface area (Å²) >= 11 is 4.77. The molecule has 3 aromatic carbocycles. The third kappa shape index (κ3) is 2.50. The number of aliphatic imine (C=N–C) groups is 1. The van der Waals surface area contributed by atoms with Crippen molar-refractivity contribution in [3.8, 4) is 23.0 Å². The van der Waals surface area contributed by atoms with Gasteiger partial charge in [-0.2, -0.15) is 4.99 Å². The molecule has 2 N–H and O–H groups in total. The second-order valence-corrected chi connectivity index (χ2v) is 8.33. The number of isothiocyanates is 1. The van der Waals surface area contributed by atoms with Crippen LogP contribution < -0.4 is 4.74 Å². The van der Waals surface area contributed by atoms with E-state index in [0.29, 0.717) is 11.1 Å². The SMILES string of the molecule is O=C1CCC(=O)c2c1c(N=C=S)cc1c2C(=O)OC12c1ccc(O)cc1Oc1cc(O)ccc12. The van der Waals surface area contributed by atoms with Crippen LogP contribution in [0.4, 0.5) is 5.69 Å². The number of thiocarbonyl (C=S) groups is 1. The molecule has 0 saturated carbocycles. The maximum absolute atomic E-state index is 13.4. The van der Waals surface area contributed by atoms with Crippen molar-refractivity contribution in [2.45, 2.75) is 18.4 Å². The van der Waals surface area contributed by atoms with E-state index in [9.17, 15) is 24.6 Å². The number of hydrogen-bond donors (Lipinski definition) is 2. The molecule has 0 fully saturated rings. The van der Waals surface area contributed by atoms with E-state index in [-0.39, 0.29) is 75.3 Å². The van der Waals surface area contributed by atoms with Gasteiger partial charge in [-0.25, -0.2) is 4.79 Å². The summed E-state index contributed by atoms with van der Waals surface area (Å²) in [5.41, 5.74) is -0.423. The van der Waals surface area contributed by atoms with Crippen LogP contribution in [0.15, 0.2) is 47.5 Å². The predicted molar refractivity (Wildman–Crippen MR) is 121 cm³/mol. The van der Waals surface area contributed by atoms with Gasteiger partial charge in [-0.05, 0) is 42.5 Å². The molecular formula is C25H13NO7S. The van der Waals surface area contributed by atoms with Crippen LogP contribution in [0, 0.1) is 0 Å². The van der Waals surface area contributed by atoms with Crippen LogP contribution in [-0.2, 0) is 10.3 Å². The number of hydrogen-bond acceptors (Lipinski definition) is 9. The molecule has 34 heavy (non-hydrogen) atoms. The van der Waals surface area contributed by atoms with E-state index >= 15 is 0 Å². The first-order chi connectivity index (χ1) is 16.3. The number of aromatic hydroxyl groups is 2. The first kappa shape index (κ1) is 20.3. The van der Waals surface area contributed by atoms with Crippen LogP contribution in [-0.4, -0.2) is 32.9 Å². The first-order valence-corrected chi connectivity index (χ1v) is 10.7. The molecule has 3 aliphatic rings. The van der Waals surface area contributed by atoms with Gasteiger partial charge in [0.1, 0.15) is 23.0 Å². The summed E-state index contributed by atoms with van der Waals surface area (Å²) in [5, 5.41) is 22.3. The Bertz CT molecular complexity index is 1500. The standard InChI is InChI=1S/C25H13NO7S/c27-11-1-3-13-19(7-11)32-20-8-12(28)2-4-14(20)25(13)15-9-16(26-10-34)22-17(29)5-6-18(30)23(22)21(15)24(31)33-25/h1-4,7-9,27-28H,5-6H2. The van der Waals surface area contributed by atoms with Gasteiger partial charge in [-0.1, -0.05) is 0 Å². The monoisotopic (exact) mass is 471 g/mol. The van der Waals surface area contributed by atoms with Crippen molar-refractivity contribution in [1.29, 1.82) is 0 Å². The van der Waals surface area contributed by atoms with E-state index in [1.807, 2.05) is 0 Å². The summed E-state index contributed by atoms with van der Waals surface area (Å²) in [4.78, 5) is 43.2. The fourth-order valence-electron chi connectivity index (χ4n) is 5.02. The van der Waals surface area contributed by atoms with Crippen molar-refractivity contribution in [1.82, 2.24) is 0 Å². The lowest BCUT2D eigenvalue weighted by Crippen LogP contribution is -2.33. The van der Waals surface area contributed by atoms with Gasteiger partial charge < -0.3 is 19.7 Å². The fraction of sp³-hybridized carbons (Fsp3) is 0.120. The molecule has 0 aromatic heterocycles. The van der Waals surface area contributed by atoms with Crippen LogP contribution in [0.25, 0.3) is 0 Å². The molecule has 166 valence electrons. The molecule has 6 rings (SSSR count). The molecule has 0 unspecified atom stereocenters. The number of phenols is 2. The zero-order valence-corrected chi connectivity index (χ0v) is 18.1. The highest BCUT2D eigenvalue weighted by Gasteiger charge is 2.56. The minimum absolute atomic E-state index is 0.00280. The lowest BCUT2D eigenvalue weighted by Gasteiger charge is -2.36. The Labute approximate surface area is 197 Å². The minimum atomic E-state index is -1.59. The van der Waals surface area contributed by atoms with E-state index in [4.69, 9.17) is 21.7 Å². The van der Waals surface area contributed by atoms with Gasteiger partial charge in [0.05, 0.1) is 22.0 Å². The van der Waals surface area contributed by atoms with Gasteiger partial charge in [0.2, 0.25) is 0 Å². The fourth-order valence-corrected chi connectivity index (χ4v) is 5.11. The van der Waals surface area contributed by atoms with E-state index in [2.05, 4.69) is 10.2 Å². The van der Waals surface area contributed by atoms with Crippen molar-refractivity contribution < 1.29 is 34.1 Å². The maximum Gasteiger partial charge on any atom is 0.340 e. The lowest BCUT2D eigenvalue weighted by atomic mass is 9.74. The Morgan fingerprint density at radius 2 is 1.41 bits per heavy atom. The summed E-state index contributed by atoms with van der Waals surface area (Å²) in [6.07, 6.45) is -0.0375. The zero-order valence-electron chi connectivity index (χ0n) is 17.2. The molecule has 0 bridgehead atoms. The minimum Gasteiger partial charge on any atom is -0.508 e. The largest absolute Gasteiger partial charge is 0.508 e. The number of fused-ring (bicyclic) bond motifs is 8. The van der Waals surface area contributed by atoms with Gasteiger partial charge in [-0.15, -0.1) is 0 Å². The Morgan fingerprint density at radius 3 is 2.00 bits per heavy atom. The molecule has 0 radical (unpaired) electrons. The number of carbonyl (C=O) groups is 3. The number of esters is 1. The molecular weight excluding hydrogens is 458 g/mol. The third-order valence-electron chi connectivity index (χ3n) is 6.35. The zero-order chi connectivity index (χ0) is 23.8. The number of carbonyl (C=O) groups excluding carboxylic acids is 3. The van der Waals surface area contributed by atoms with Crippen molar-refractivity contribution in [3.63, 3.8) is 0 Å². The Kier molecular flexibility index (Phi) is 4.08. The number of nitrogens with zero attached hydrogens (tertiary/aromatic N) is 1. The van der Waals surface area contributed by atoms with Crippen LogP contribution in [0.2, 0.25) is 0 Å². The highest BCUT2D eigenvalue weighted by molar-refractivity contribution is 7.78. The highest BCUT2D eigenvalue weighted by Crippen LogP contribution is 2.58. The number of ether oxygens (including phenoxy) is 2. The predicted octanol–water partition coefficient (Wildman–Crippen LogP) is 4.56. The van der Waals surface area contributed by atoms with Crippen LogP contribution in [0.5, 0.6) is 23.0 Å². The normalized spacial score (nSPS) is 16.5. The van der Waals surface area contributed by atoms with Gasteiger partial charge in [0.25, 0.3) is 0 Å². The molecule has 8 nitrogen and oxygen atoms in total. The number of Topliss-reactive ketones (excluding diaryl/α,β-unsaturated/α-hetero) is 2. The summed E-state index contributed by atoms with van der Waals surface area (Å²) < 4.78 is 12.0. The Morgan fingerprint density at radius 1 is 0.824 bits per heavy atom. The molecule has 0 amide bonds. The second-order valence-electron chi connectivity index (χ2n) is 8.15. The molecule has 2 heterocycles. The van der Waals surface area contributed by atoms with Crippen LogP contribution in [0.3, 0.4) is 0 Å². The second kappa shape index (κ2) is 6.84. The van der Waals surface area contributed by atoms with Gasteiger partial charge in [0, 0.05) is 47.2 Å². The topological polar surface area (TPSA) is 122 Å². The summed E-state index contributed by atoms with van der Waals surface area (Å²) in [5.74, 6) is -1.26. The summed E-state index contributed by atoms with van der Waals surface area (Å²) in [6.45, 7) is 0. The first-order valence-electron chi connectivity index (χ1n) is 10.3. The molecule has 2 aliphatic heterocycles. The van der Waals surface area contributed by atoms with E-state index in [0.717, 1.165) is 0 Å². The number of ketones is 2. The van der Waals surface area contributed by atoms with Crippen molar-refractivity contribution >= 4 is 40.6 Å². The average Bonchev–Trinajstić information content (AvgIpc) is 3.08. The van der Waals surface area contributed by atoms with Crippen LogP contribution >= 0.6 is 12.2 Å². The van der Waals surface area contributed by atoms with Gasteiger partial charge >= 0.3 is 5.97 Å². The van der Waals surface area contributed by atoms with Crippen molar-refractivity contribution in [2.24, 2.45) is 4.99 Å². The molecule has 3 aromatic rings.